The number of rotatable bonds is 8. The van der Waals surface area contributed by atoms with Gasteiger partial charge in [0.15, 0.2) is 0 Å². The molecule has 7 nitrogen and oxygen atoms in total. The fourth-order valence-electron chi connectivity index (χ4n) is 3.78. The van der Waals surface area contributed by atoms with Gasteiger partial charge in [-0.2, -0.15) is 0 Å². The molecule has 2 amide bonds. The van der Waals surface area contributed by atoms with Gasteiger partial charge in [0, 0.05) is 6.54 Å². The molecule has 1 fully saturated rings. The van der Waals surface area contributed by atoms with E-state index in [0.29, 0.717) is 35.4 Å². The summed E-state index contributed by atoms with van der Waals surface area (Å²) >= 11 is 11.8. The highest BCUT2D eigenvalue weighted by Gasteiger charge is 2.39. The van der Waals surface area contributed by atoms with Gasteiger partial charge in [-0.3, -0.25) is 14.8 Å². The second-order valence-corrected chi connectivity index (χ2v) is 8.75. The number of ether oxygens (including phenoxy) is 1. The van der Waals surface area contributed by atoms with Crippen LogP contribution in [0.3, 0.4) is 0 Å². The van der Waals surface area contributed by atoms with Crippen molar-refractivity contribution in [2.24, 2.45) is 5.92 Å². The first-order valence-corrected chi connectivity index (χ1v) is 10.8. The van der Waals surface area contributed by atoms with E-state index in [9.17, 15) is 9.59 Å². The Balaban J connectivity index is 1.65. The van der Waals surface area contributed by atoms with E-state index in [-0.39, 0.29) is 24.3 Å². The first-order valence-electron chi connectivity index (χ1n) is 10.1. The van der Waals surface area contributed by atoms with Gasteiger partial charge in [-0.05, 0) is 54.2 Å². The van der Waals surface area contributed by atoms with Crippen molar-refractivity contribution in [2.75, 3.05) is 6.54 Å². The highest BCUT2D eigenvalue weighted by atomic mass is 35.5. The summed E-state index contributed by atoms with van der Waals surface area (Å²) in [6.45, 7) is 4.70. The third-order valence-electron chi connectivity index (χ3n) is 5.23. The maximum atomic E-state index is 13.0. The summed E-state index contributed by atoms with van der Waals surface area (Å²) in [6.07, 6.45) is 1.10. The lowest BCUT2D eigenvalue weighted by Crippen LogP contribution is -2.47. The third-order valence-corrected chi connectivity index (χ3v) is 5.62. The predicted octanol–water partition coefficient (Wildman–Crippen LogP) is 4.20. The number of hydroxylamine groups is 1. The minimum atomic E-state index is -0.677. The second-order valence-electron chi connectivity index (χ2n) is 7.97. The van der Waals surface area contributed by atoms with E-state index in [1.54, 1.807) is 22.5 Å². The average Bonchev–Trinajstić information content (AvgIpc) is 3.10. The molecule has 0 bridgehead atoms. The van der Waals surface area contributed by atoms with E-state index < -0.39 is 11.9 Å². The van der Waals surface area contributed by atoms with Gasteiger partial charge in [-0.25, -0.2) is 10.5 Å². The molecule has 9 heteroatoms. The Morgan fingerprint density at radius 3 is 2.48 bits per heavy atom. The Morgan fingerprint density at radius 2 is 1.90 bits per heavy atom. The zero-order chi connectivity index (χ0) is 22.5. The van der Waals surface area contributed by atoms with E-state index >= 15 is 0 Å². The van der Waals surface area contributed by atoms with Crippen LogP contribution in [0.2, 0.25) is 10.3 Å². The molecule has 2 unspecified atom stereocenters. The molecule has 0 radical (unpaired) electrons. The van der Waals surface area contributed by atoms with Crippen LogP contribution in [0.25, 0.3) is 0 Å². The van der Waals surface area contributed by atoms with Crippen molar-refractivity contribution in [1.29, 1.82) is 0 Å². The maximum Gasteiger partial charge on any atom is 0.266 e. The number of carbonyl (C=O) groups is 2. The van der Waals surface area contributed by atoms with E-state index in [0.717, 1.165) is 11.1 Å². The average molecular weight is 466 g/mol. The lowest BCUT2D eigenvalue weighted by atomic mass is 9.97. The van der Waals surface area contributed by atoms with Crippen LogP contribution in [-0.2, 0) is 16.2 Å². The van der Waals surface area contributed by atoms with Gasteiger partial charge >= 0.3 is 0 Å². The van der Waals surface area contributed by atoms with Gasteiger partial charge in [-0.15, -0.1) is 0 Å². The highest BCUT2D eigenvalue weighted by molar-refractivity contribution is 6.32. The van der Waals surface area contributed by atoms with Gasteiger partial charge in [-0.1, -0.05) is 49.2 Å². The first kappa shape index (κ1) is 23.3. The van der Waals surface area contributed by atoms with E-state index in [2.05, 4.69) is 4.98 Å². The molecule has 0 aliphatic carbocycles. The normalized spacial score (nSPS) is 17.2. The fraction of sp³-hybridized carbons (Fsp3) is 0.409. The number of nitrogens with zero attached hydrogens (tertiary/aromatic N) is 2. The summed E-state index contributed by atoms with van der Waals surface area (Å²) in [7, 11) is 0. The SMILES string of the molecule is CC(C)CC(C(=O)NO)N1CCC(c2ccc(OCc3cc(Cl)nc(Cl)c3)cc2)C1=O. The first-order chi connectivity index (χ1) is 14.8. The minimum absolute atomic E-state index is 0.107. The van der Waals surface area contributed by atoms with Crippen LogP contribution in [0.15, 0.2) is 36.4 Å². The number of hydrogen-bond donors (Lipinski definition) is 2. The number of hydrogen-bond acceptors (Lipinski definition) is 5. The van der Waals surface area contributed by atoms with Crippen LogP contribution < -0.4 is 10.2 Å². The number of halogens is 2. The molecule has 2 heterocycles. The van der Waals surface area contributed by atoms with Crippen molar-refractivity contribution < 1.29 is 19.5 Å². The molecule has 1 aromatic heterocycles. The molecule has 1 saturated heterocycles. The molecule has 1 aliphatic heterocycles. The van der Waals surface area contributed by atoms with Gasteiger partial charge in [0.05, 0.1) is 5.92 Å². The molecular weight excluding hydrogens is 441 g/mol. The monoisotopic (exact) mass is 465 g/mol. The standard InChI is InChI=1S/C22H25Cl2N3O4/c1-13(2)9-18(21(28)26-30)27-8-7-17(22(27)29)15-3-5-16(6-4-15)31-12-14-10-19(23)25-20(24)11-14/h3-6,10-11,13,17-18,30H,7-9,12H2,1-2H3,(H,26,28). The number of aromatic nitrogens is 1. The van der Waals surface area contributed by atoms with Crippen LogP contribution >= 0.6 is 23.2 Å². The lowest BCUT2D eigenvalue weighted by Gasteiger charge is -2.27. The molecule has 31 heavy (non-hydrogen) atoms. The summed E-state index contributed by atoms with van der Waals surface area (Å²) in [4.78, 5) is 30.6. The van der Waals surface area contributed by atoms with E-state index in [4.69, 9.17) is 33.1 Å². The highest BCUT2D eigenvalue weighted by Crippen LogP contribution is 2.32. The molecule has 2 N–H and O–H groups in total. The third kappa shape index (κ3) is 5.87. The van der Waals surface area contributed by atoms with Crippen molar-refractivity contribution >= 4 is 35.0 Å². The van der Waals surface area contributed by atoms with Gasteiger partial charge < -0.3 is 9.64 Å². The van der Waals surface area contributed by atoms with Crippen molar-refractivity contribution in [3.8, 4) is 5.75 Å². The second kappa shape index (κ2) is 10.3. The number of benzene rings is 1. The molecule has 2 aromatic rings. The van der Waals surface area contributed by atoms with Crippen LogP contribution in [0.1, 0.15) is 43.7 Å². The Bertz CT molecular complexity index is 917. The quantitative estimate of drug-likeness (QED) is 0.346. The number of amides is 2. The summed E-state index contributed by atoms with van der Waals surface area (Å²) in [5.41, 5.74) is 3.36. The molecular formula is C22H25Cl2N3O4. The van der Waals surface area contributed by atoms with E-state index in [1.807, 2.05) is 38.1 Å². The Kier molecular flexibility index (Phi) is 7.75. The van der Waals surface area contributed by atoms with Crippen LogP contribution in [0.4, 0.5) is 0 Å². The molecule has 0 saturated carbocycles. The molecule has 166 valence electrons. The Hall–Kier alpha value is -2.35. The Labute approximate surface area is 191 Å². The zero-order valence-corrected chi connectivity index (χ0v) is 18.9. The van der Waals surface area contributed by atoms with Gasteiger partial charge in [0.1, 0.15) is 28.7 Å². The molecule has 1 aromatic carbocycles. The van der Waals surface area contributed by atoms with Crippen LogP contribution in [0, 0.1) is 5.92 Å². The number of pyridine rings is 1. The predicted molar refractivity (Wildman–Crippen MR) is 117 cm³/mol. The van der Waals surface area contributed by atoms with Gasteiger partial charge in [0.2, 0.25) is 5.91 Å². The molecule has 0 spiro atoms. The van der Waals surface area contributed by atoms with Crippen molar-refractivity contribution in [3.05, 3.63) is 57.8 Å². The summed E-state index contributed by atoms with van der Waals surface area (Å²) in [5.74, 6) is -0.136. The topological polar surface area (TPSA) is 91.8 Å². The van der Waals surface area contributed by atoms with Crippen molar-refractivity contribution in [1.82, 2.24) is 15.4 Å². The van der Waals surface area contributed by atoms with Crippen LogP contribution in [-0.4, -0.2) is 39.5 Å². The largest absolute Gasteiger partial charge is 0.489 e. The smallest absolute Gasteiger partial charge is 0.266 e. The van der Waals surface area contributed by atoms with Crippen molar-refractivity contribution in [3.63, 3.8) is 0 Å². The summed E-state index contributed by atoms with van der Waals surface area (Å²) in [6, 6.07) is 10.0. The van der Waals surface area contributed by atoms with E-state index in [1.165, 1.54) is 0 Å². The van der Waals surface area contributed by atoms with Gasteiger partial charge in [0.25, 0.3) is 5.91 Å². The number of likely N-dealkylation sites (tertiary alicyclic amines) is 1. The van der Waals surface area contributed by atoms with Crippen molar-refractivity contribution in [2.45, 2.75) is 45.3 Å². The lowest BCUT2D eigenvalue weighted by molar-refractivity contribution is -0.143. The summed E-state index contributed by atoms with van der Waals surface area (Å²) < 4.78 is 5.77. The molecule has 1 aliphatic rings. The minimum Gasteiger partial charge on any atom is -0.489 e. The van der Waals surface area contributed by atoms with Crippen LogP contribution in [0.5, 0.6) is 5.75 Å². The molecule has 2 atom stereocenters. The Morgan fingerprint density at radius 1 is 1.26 bits per heavy atom. The fourth-order valence-corrected chi connectivity index (χ4v) is 4.28. The number of carbonyl (C=O) groups excluding carboxylic acids is 2. The maximum absolute atomic E-state index is 13.0. The molecule has 3 rings (SSSR count). The number of nitrogens with one attached hydrogen (secondary N) is 1. The summed E-state index contributed by atoms with van der Waals surface area (Å²) in [5, 5.41) is 9.68. The zero-order valence-electron chi connectivity index (χ0n) is 17.3.